The summed E-state index contributed by atoms with van der Waals surface area (Å²) in [5.41, 5.74) is 1.32. The highest BCUT2D eigenvalue weighted by Crippen LogP contribution is 2.38. The number of ketones is 1. The predicted molar refractivity (Wildman–Crippen MR) is 152 cm³/mol. The number of Topliss-reactive ketones (excluding diaryl/α,β-unsaturated/α-hetero) is 1. The van der Waals surface area contributed by atoms with Crippen molar-refractivity contribution in [2.75, 3.05) is 31.2 Å². The molecule has 2 aromatic rings. The number of unbranched alkanes of at least 4 members (excludes halogenated alkanes) is 1. The third-order valence-corrected chi connectivity index (χ3v) is 7.15. The minimum atomic E-state index is -0.993. The van der Waals surface area contributed by atoms with Gasteiger partial charge in [0.1, 0.15) is 11.5 Å². The van der Waals surface area contributed by atoms with E-state index in [9.17, 15) is 9.59 Å². The second-order valence-electron chi connectivity index (χ2n) is 12.3. The summed E-state index contributed by atoms with van der Waals surface area (Å²) >= 11 is 0. The van der Waals surface area contributed by atoms with Crippen molar-refractivity contribution in [3.63, 3.8) is 0 Å². The van der Waals surface area contributed by atoms with Gasteiger partial charge in [-0.25, -0.2) is 9.78 Å². The molecule has 0 saturated carbocycles. The van der Waals surface area contributed by atoms with E-state index in [0.717, 1.165) is 25.9 Å². The molecule has 2 aromatic heterocycles. The van der Waals surface area contributed by atoms with E-state index < -0.39 is 17.7 Å². The number of carbonyl (C=O) groups is 2. The Morgan fingerprint density at radius 1 is 1.15 bits per heavy atom. The van der Waals surface area contributed by atoms with Crippen LogP contribution in [0.4, 0.5) is 5.82 Å². The van der Waals surface area contributed by atoms with E-state index in [1.54, 1.807) is 17.5 Å². The van der Waals surface area contributed by atoms with Gasteiger partial charge < -0.3 is 19.1 Å². The van der Waals surface area contributed by atoms with Gasteiger partial charge in [0.25, 0.3) is 0 Å². The molecule has 0 amide bonds. The fourth-order valence-corrected chi connectivity index (χ4v) is 5.00. The number of hydrogen-bond donors (Lipinski definition) is 0. The van der Waals surface area contributed by atoms with Gasteiger partial charge in [-0.2, -0.15) is 9.61 Å². The molecule has 9 nitrogen and oxygen atoms in total. The van der Waals surface area contributed by atoms with E-state index in [2.05, 4.69) is 30.8 Å². The van der Waals surface area contributed by atoms with Gasteiger partial charge in [0.2, 0.25) is 0 Å². The summed E-state index contributed by atoms with van der Waals surface area (Å²) in [7, 11) is 0. The predicted octanol–water partition coefficient (Wildman–Crippen LogP) is 5.86. The summed E-state index contributed by atoms with van der Waals surface area (Å²) in [6.07, 6.45) is 4.12. The van der Waals surface area contributed by atoms with Crippen molar-refractivity contribution >= 4 is 23.2 Å². The monoisotopic (exact) mass is 544 g/mol. The maximum Gasteiger partial charge on any atom is 0.340 e. The highest BCUT2D eigenvalue weighted by atomic mass is 16.6. The third kappa shape index (κ3) is 8.01. The zero-order valence-corrected chi connectivity index (χ0v) is 25.4. The molecular weight excluding hydrogens is 496 g/mol. The molecular formula is C30H48N4O5. The van der Waals surface area contributed by atoms with Crippen LogP contribution in [0.25, 0.3) is 5.65 Å². The van der Waals surface area contributed by atoms with Crippen LogP contribution in [0, 0.1) is 12.8 Å². The Kier molecular flexibility index (Phi) is 10.2. The second-order valence-corrected chi connectivity index (χ2v) is 12.3. The molecule has 0 bridgehead atoms. The number of rotatable bonds is 12. The molecule has 9 heteroatoms. The lowest BCUT2D eigenvalue weighted by Gasteiger charge is -2.41. The lowest BCUT2D eigenvalue weighted by molar-refractivity contribution is -0.166. The second kappa shape index (κ2) is 12.8. The molecule has 1 aliphatic rings. The van der Waals surface area contributed by atoms with Crippen molar-refractivity contribution in [3.05, 3.63) is 23.0 Å². The van der Waals surface area contributed by atoms with Crippen molar-refractivity contribution < 1.29 is 23.8 Å². The van der Waals surface area contributed by atoms with Crippen molar-refractivity contribution in [2.24, 2.45) is 5.92 Å². The van der Waals surface area contributed by atoms with E-state index in [1.807, 2.05) is 27.7 Å². The largest absolute Gasteiger partial charge is 0.464 e. The summed E-state index contributed by atoms with van der Waals surface area (Å²) in [6, 6.07) is 1.70. The average Bonchev–Trinajstić information content (AvgIpc) is 3.26. The Balaban J connectivity index is 1.98. The van der Waals surface area contributed by atoms with Gasteiger partial charge >= 0.3 is 5.97 Å². The molecule has 218 valence electrons. The molecule has 0 aromatic carbocycles. The molecule has 1 saturated heterocycles. The van der Waals surface area contributed by atoms with Crippen molar-refractivity contribution in [3.8, 4) is 0 Å². The number of esters is 1. The average molecular weight is 545 g/mol. The zero-order valence-electron chi connectivity index (χ0n) is 25.4. The molecule has 0 unspecified atom stereocenters. The molecule has 0 radical (unpaired) electrons. The van der Waals surface area contributed by atoms with Gasteiger partial charge in [0, 0.05) is 38.4 Å². The fourth-order valence-electron chi connectivity index (χ4n) is 5.00. The molecule has 1 aliphatic heterocycles. The highest BCUT2D eigenvalue weighted by molar-refractivity contribution is 5.93. The molecule has 0 aliphatic carbocycles. The van der Waals surface area contributed by atoms with E-state index in [1.165, 1.54) is 19.8 Å². The first-order valence-corrected chi connectivity index (χ1v) is 14.4. The minimum absolute atomic E-state index is 0.143. The summed E-state index contributed by atoms with van der Waals surface area (Å²) in [6.45, 7) is 20.0. The van der Waals surface area contributed by atoms with Crippen LogP contribution in [0.2, 0.25) is 0 Å². The standard InChI is InChI=1S/C30H48N4O5/c1-10-37-28(36)26(39-29(6,7)8)25-21(4)31-24-19-23(22(5)35)32-34(24)27(25)33-16-14-30(9,15-17-33)38-18-12-11-13-20(2)3/h19-20,26H,10-18H2,1-9H3/t26-/m0/s1. The van der Waals surface area contributed by atoms with Gasteiger partial charge in [0.15, 0.2) is 17.5 Å². The number of aromatic nitrogens is 3. The smallest absolute Gasteiger partial charge is 0.340 e. The number of piperidine rings is 1. The quantitative estimate of drug-likeness (QED) is 0.186. The first-order valence-electron chi connectivity index (χ1n) is 14.4. The Labute approximate surface area is 233 Å². The van der Waals surface area contributed by atoms with Crippen molar-refractivity contribution in [1.82, 2.24) is 14.6 Å². The summed E-state index contributed by atoms with van der Waals surface area (Å²) in [5, 5.41) is 4.62. The molecule has 3 rings (SSSR count). The lowest BCUT2D eigenvalue weighted by atomic mass is 9.92. The number of carbonyl (C=O) groups excluding carboxylic acids is 2. The maximum atomic E-state index is 13.3. The third-order valence-electron chi connectivity index (χ3n) is 7.15. The van der Waals surface area contributed by atoms with Crippen molar-refractivity contribution in [2.45, 2.75) is 112 Å². The number of anilines is 1. The van der Waals surface area contributed by atoms with E-state index in [0.29, 0.717) is 47.4 Å². The zero-order chi connectivity index (χ0) is 29.0. The van der Waals surface area contributed by atoms with Crippen LogP contribution in [-0.4, -0.2) is 63.9 Å². The molecule has 1 fully saturated rings. The van der Waals surface area contributed by atoms with Crippen LogP contribution in [0.5, 0.6) is 0 Å². The Morgan fingerprint density at radius 3 is 2.38 bits per heavy atom. The van der Waals surface area contributed by atoms with Crippen LogP contribution in [0.1, 0.15) is 115 Å². The molecule has 39 heavy (non-hydrogen) atoms. The Morgan fingerprint density at radius 2 is 1.82 bits per heavy atom. The van der Waals surface area contributed by atoms with Crippen LogP contribution >= 0.6 is 0 Å². The number of hydrogen-bond acceptors (Lipinski definition) is 8. The van der Waals surface area contributed by atoms with Crippen LogP contribution in [-0.2, 0) is 19.0 Å². The highest BCUT2D eigenvalue weighted by Gasteiger charge is 2.38. The van der Waals surface area contributed by atoms with Crippen LogP contribution in [0.3, 0.4) is 0 Å². The summed E-state index contributed by atoms with van der Waals surface area (Å²) < 4.78 is 19.8. The van der Waals surface area contributed by atoms with E-state index in [-0.39, 0.29) is 18.0 Å². The van der Waals surface area contributed by atoms with Crippen LogP contribution < -0.4 is 4.90 Å². The SMILES string of the molecule is CCOC(=O)[C@@H](OC(C)(C)C)c1c(C)nc2cc(C(C)=O)nn2c1N1CCC(C)(OCCCCC(C)C)CC1. The van der Waals surface area contributed by atoms with E-state index in [4.69, 9.17) is 19.2 Å². The fraction of sp³-hybridized carbons (Fsp3) is 0.733. The maximum absolute atomic E-state index is 13.3. The summed E-state index contributed by atoms with van der Waals surface area (Å²) in [4.78, 5) is 32.5. The normalized spacial score (nSPS) is 16.6. The molecule has 1 atom stereocenters. The van der Waals surface area contributed by atoms with Crippen molar-refractivity contribution in [1.29, 1.82) is 0 Å². The first-order chi connectivity index (χ1) is 18.2. The Bertz CT molecular complexity index is 1140. The summed E-state index contributed by atoms with van der Waals surface area (Å²) in [5.74, 6) is 0.815. The minimum Gasteiger partial charge on any atom is -0.464 e. The number of aryl methyl sites for hydroxylation is 1. The van der Waals surface area contributed by atoms with E-state index >= 15 is 0 Å². The van der Waals surface area contributed by atoms with Gasteiger partial charge in [-0.05, 0) is 66.7 Å². The van der Waals surface area contributed by atoms with Gasteiger partial charge in [-0.15, -0.1) is 0 Å². The lowest BCUT2D eigenvalue weighted by Crippen LogP contribution is -2.46. The van der Waals surface area contributed by atoms with Gasteiger partial charge in [-0.1, -0.05) is 26.7 Å². The topological polar surface area (TPSA) is 95.3 Å². The first kappa shape index (κ1) is 31.0. The van der Waals surface area contributed by atoms with Gasteiger partial charge in [0.05, 0.1) is 23.4 Å². The molecule has 0 spiro atoms. The number of ether oxygens (including phenoxy) is 3. The Hall–Kier alpha value is -2.52. The molecule has 3 heterocycles. The van der Waals surface area contributed by atoms with Gasteiger partial charge in [-0.3, -0.25) is 4.79 Å². The number of nitrogens with zero attached hydrogens (tertiary/aromatic N) is 4. The van der Waals surface area contributed by atoms with Crippen LogP contribution in [0.15, 0.2) is 6.07 Å². The number of fused-ring (bicyclic) bond motifs is 1. The molecule has 0 N–H and O–H groups in total.